The van der Waals surface area contributed by atoms with Crippen LogP contribution in [0.25, 0.3) is 11.0 Å². The third-order valence-corrected chi connectivity index (χ3v) is 5.85. The van der Waals surface area contributed by atoms with Crippen molar-refractivity contribution in [2.75, 3.05) is 26.2 Å². The van der Waals surface area contributed by atoms with Crippen molar-refractivity contribution >= 4 is 11.0 Å². The molecule has 0 amide bonds. The molecule has 5 nitrogen and oxygen atoms in total. The Bertz CT molecular complexity index is 854. The van der Waals surface area contributed by atoms with E-state index in [4.69, 9.17) is 4.42 Å². The van der Waals surface area contributed by atoms with E-state index in [0.717, 1.165) is 41.7 Å². The molecule has 2 aliphatic rings. The molecule has 0 bridgehead atoms. The topological polar surface area (TPSA) is 56.9 Å². The Morgan fingerprint density at radius 1 is 1.12 bits per heavy atom. The van der Waals surface area contributed by atoms with Gasteiger partial charge in [-0.3, -0.25) is 9.80 Å². The van der Waals surface area contributed by atoms with Gasteiger partial charge in [0.25, 0.3) is 0 Å². The quantitative estimate of drug-likeness (QED) is 0.856. The standard InChI is InChI=1S/C21H28N2O3/c1-14-8-15(2)21-17(9-14)16(10-20(25)26-21)11-22-12-18(19(24)13-22)23-6-4-3-5-7-23/h8-10,18-19,24H,3-7,11-13H2,1-2H3/t18-,19-/m0/s1. The van der Waals surface area contributed by atoms with Crippen LogP contribution in [0.4, 0.5) is 0 Å². The molecule has 0 aliphatic carbocycles. The van der Waals surface area contributed by atoms with E-state index in [0.29, 0.717) is 18.7 Å². The first-order valence-corrected chi connectivity index (χ1v) is 9.70. The van der Waals surface area contributed by atoms with Crippen molar-refractivity contribution in [3.63, 3.8) is 0 Å². The largest absolute Gasteiger partial charge is 0.422 e. The lowest BCUT2D eigenvalue weighted by molar-refractivity contribution is 0.0706. The van der Waals surface area contributed by atoms with Gasteiger partial charge in [0.05, 0.1) is 6.10 Å². The number of likely N-dealkylation sites (tertiary alicyclic amines) is 2. The number of nitrogens with zero attached hydrogens (tertiary/aromatic N) is 2. The van der Waals surface area contributed by atoms with Crippen molar-refractivity contribution in [2.24, 2.45) is 0 Å². The van der Waals surface area contributed by atoms with Crippen molar-refractivity contribution in [3.8, 4) is 0 Å². The molecule has 2 saturated heterocycles. The van der Waals surface area contributed by atoms with E-state index < -0.39 is 0 Å². The average Bonchev–Trinajstić information content (AvgIpc) is 2.97. The Morgan fingerprint density at radius 3 is 2.65 bits per heavy atom. The summed E-state index contributed by atoms with van der Waals surface area (Å²) in [5.41, 5.74) is 3.54. The number of β-amino-alcohol motifs (C(OH)–C–C–N with tert-alkyl or cyclic N) is 1. The number of aliphatic hydroxyl groups is 1. The molecule has 2 atom stereocenters. The first kappa shape index (κ1) is 17.7. The van der Waals surface area contributed by atoms with Crippen molar-refractivity contribution in [3.05, 3.63) is 45.3 Å². The number of piperidine rings is 1. The van der Waals surface area contributed by atoms with E-state index in [-0.39, 0.29) is 17.8 Å². The van der Waals surface area contributed by atoms with Gasteiger partial charge in [0.2, 0.25) is 0 Å². The summed E-state index contributed by atoms with van der Waals surface area (Å²) in [6, 6.07) is 5.96. The highest BCUT2D eigenvalue weighted by Crippen LogP contribution is 2.26. The van der Waals surface area contributed by atoms with Crippen LogP contribution in [0.2, 0.25) is 0 Å². The second kappa shape index (κ2) is 7.14. The van der Waals surface area contributed by atoms with Gasteiger partial charge in [0.1, 0.15) is 5.58 Å². The summed E-state index contributed by atoms with van der Waals surface area (Å²) in [4.78, 5) is 16.8. The first-order chi connectivity index (χ1) is 12.5. The molecule has 2 fully saturated rings. The van der Waals surface area contributed by atoms with Crippen LogP contribution in [0.5, 0.6) is 0 Å². The predicted octanol–water partition coefficient (Wildman–Crippen LogP) is 2.44. The number of benzene rings is 1. The molecule has 5 heteroatoms. The summed E-state index contributed by atoms with van der Waals surface area (Å²) in [5.74, 6) is 0. The SMILES string of the molecule is Cc1cc(C)c2oc(=O)cc(CN3C[C@H](O)[C@@H](N4CCCCC4)C3)c2c1. The molecule has 2 aromatic rings. The fraction of sp³-hybridized carbons (Fsp3) is 0.571. The molecule has 3 heterocycles. The first-order valence-electron chi connectivity index (χ1n) is 9.70. The van der Waals surface area contributed by atoms with Gasteiger partial charge in [-0.05, 0) is 62.5 Å². The van der Waals surface area contributed by atoms with Gasteiger partial charge < -0.3 is 9.52 Å². The van der Waals surface area contributed by atoms with E-state index in [1.807, 2.05) is 13.0 Å². The van der Waals surface area contributed by atoms with E-state index in [1.165, 1.54) is 19.3 Å². The molecule has 1 aromatic heterocycles. The van der Waals surface area contributed by atoms with E-state index in [1.54, 1.807) is 6.07 Å². The van der Waals surface area contributed by atoms with Gasteiger partial charge in [-0.15, -0.1) is 0 Å². The summed E-state index contributed by atoms with van der Waals surface area (Å²) in [7, 11) is 0. The van der Waals surface area contributed by atoms with Crippen LogP contribution in [0, 0.1) is 13.8 Å². The van der Waals surface area contributed by atoms with Crippen LogP contribution in [0.15, 0.2) is 27.4 Å². The number of aliphatic hydroxyl groups excluding tert-OH is 1. The summed E-state index contributed by atoms with van der Waals surface area (Å²) >= 11 is 0. The molecule has 0 radical (unpaired) electrons. The van der Waals surface area contributed by atoms with Crippen LogP contribution >= 0.6 is 0 Å². The normalized spacial score (nSPS) is 25.2. The summed E-state index contributed by atoms with van der Waals surface area (Å²) in [6.07, 6.45) is 3.44. The third kappa shape index (κ3) is 3.43. The van der Waals surface area contributed by atoms with Crippen LogP contribution in [0.3, 0.4) is 0 Å². The second-order valence-electron chi connectivity index (χ2n) is 7.97. The van der Waals surface area contributed by atoms with E-state index in [2.05, 4.69) is 22.8 Å². The maximum atomic E-state index is 12.0. The lowest BCUT2D eigenvalue weighted by Crippen LogP contribution is -2.45. The number of fused-ring (bicyclic) bond motifs is 1. The monoisotopic (exact) mass is 356 g/mol. The highest BCUT2D eigenvalue weighted by Gasteiger charge is 2.36. The molecular formula is C21H28N2O3. The highest BCUT2D eigenvalue weighted by atomic mass is 16.4. The average molecular weight is 356 g/mol. The van der Waals surface area contributed by atoms with Crippen LogP contribution in [-0.4, -0.2) is 53.2 Å². The Labute approximate surface area is 154 Å². The van der Waals surface area contributed by atoms with Crippen molar-refractivity contribution in [2.45, 2.75) is 51.8 Å². The van der Waals surface area contributed by atoms with Crippen molar-refractivity contribution in [1.82, 2.24) is 9.80 Å². The number of hydrogen-bond donors (Lipinski definition) is 1. The van der Waals surface area contributed by atoms with Crippen LogP contribution < -0.4 is 5.63 Å². The maximum Gasteiger partial charge on any atom is 0.336 e. The molecule has 1 N–H and O–H groups in total. The molecule has 0 unspecified atom stereocenters. The Morgan fingerprint density at radius 2 is 1.88 bits per heavy atom. The van der Waals surface area contributed by atoms with Gasteiger partial charge in [-0.1, -0.05) is 12.5 Å². The number of rotatable bonds is 3. The van der Waals surface area contributed by atoms with Gasteiger partial charge in [0, 0.05) is 37.1 Å². The number of aryl methyl sites for hydroxylation is 2. The zero-order chi connectivity index (χ0) is 18.3. The minimum absolute atomic E-state index is 0.213. The lowest BCUT2D eigenvalue weighted by Gasteiger charge is -2.33. The molecule has 2 aliphatic heterocycles. The van der Waals surface area contributed by atoms with E-state index in [9.17, 15) is 9.90 Å². The van der Waals surface area contributed by atoms with Crippen molar-refractivity contribution in [1.29, 1.82) is 0 Å². The van der Waals surface area contributed by atoms with E-state index >= 15 is 0 Å². The lowest BCUT2D eigenvalue weighted by atomic mass is 10.0. The molecular weight excluding hydrogens is 328 g/mol. The zero-order valence-corrected chi connectivity index (χ0v) is 15.7. The van der Waals surface area contributed by atoms with Gasteiger partial charge in [0.15, 0.2) is 0 Å². The minimum atomic E-state index is -0.317. The van der Waals surface area contributed by atoms with Crippen LogP contribution in [-0.2, 0) is 6.54 Å². The fourth-order valence-electron chi connectivity index (χ4n) is 4.64. The summed E-state index contributed by atoms with van der Waals surface area (Å²) in [5, 5.41) is 11.6. The van der Waals surface area contributed by atoms with Gasteiger partial charge in [-0.25, -0.2) is 4.79 Å². The highest BCUT2D eigenvalue weighted by molar-refractivity contribution is 5.83. The molecule has 26 heavy (non-hydrogen) atoms. The Kier molecular flexibility index (Phi) is 4.86. The van der Waals surface area contributed by atoms with Gasteiger partial charge in [-0.2, -0.15) is 0 Å². The Balaban J connectivity index is 1.59. The smallest absolute Gasteiger partial charge is 0.336 e. The van der Waals surface area contributed by atoms with Crippen molar-refractivity contribution < 1.29 is 9.52 Å². The molecule has 0 saturated carbocycles. The summed E-state index contributed by atoms with van der Waals surface area (Å²) in [6.45, 7) is 8.41. The zero-order valence-electron chi connectivity index (χ0n) is 15.7. The fourth-order valence-corrected chi connectivity index (χ4v) is 4.64. The van der Waals surface area contributed by atoms with Gasteiger partial charge >= 0.3 is 5.63 Å². The molecule has 4 rings (SSSR count). The second-order valence-corrected chi connectivity index (χ2v) is 7.97. The number of hydrogen-bond acceptors (Lipinski definition) is 5. The predicted molar refractivity (Wildman–Crippen MR) is 102 cm³/mol. The molecule has 1 aromatic carbocycles. The molecule has 0 spiro atoms. The minimum Gasteiger partial charge on any atom is -0.422 e. The van der Waals surface area contributed by atoms with Crippen LogP contribution in [0.1, 0.15) is 36.0 Å². The maximum absolute atomic E-state index is 12.0. The third-order valence-electron chi connectivity index (χ3n) is 5.85. The molecule has 140 valence electrons. The Hall–Kier alpha value is -1.69. The summed E-state index contributed by atoms with van der Waals surface area (Å²) < 4.78 is 5.46.